The molecule has 0 bridgehead atoms. The van der Waals surface area contributed by atoms with Gasteiger partial charge in [0, 0.05) is 24.4 Å². The van der Waals surface area contributed by atoms with Crippen LogP contribution in [0.15, 0.2) is 24.3 Å². The first kappa shape index (κ1) is 22.0. The highest BCUT2D eigenvalue weighted by Gasteiger charge is 2.35. The van der Waals surface area contributed by atoms with E-state index >= 15 is 0 Å². The second kappa shape index (κ2) is 10.3. The van der Waals surface area contributed by atoms with Crippen LogP contribution in [0.4, 0.5) is 4.79 Å². The number of aryl methyl sites for hydroxylation is 1. The molecule has 0 spiro atoms. The molecule has 0 unspecified atom stereocenters. The minimum atomic E-state index is -0.482. The molecule has 152 valence electrons. The lowest BCUT2D eigenvalue weighted by atomic mass is 9.99. The van der Waals surface area contributed by atoms with Gasteiger partial charge in [-0.05, 0) is 64.2 Å². The molecule has 5 nitrogen and oxygen atoms in total. The van der Waals surface area contributed by atoms with Crippen molar-refractivity contribution in [1.82, 2.24) is 5.32 Å². The number of hydrogen-bond donors (Lipinski definition) is 1. The minimum absolute atomic E-state index is 0.368. The Morgan fingerprint density at radius 3 is 2.56 bits per heavy atom. The van der Waals surface area contributed by atoms with E-state index in [-0.39, 0.29) is 6.09 Å². The maximum atomic E-state index is 11.6. The van der Waals surface area contributed by atoms with Crippen molar-refractivity contribution >= 4 is 17.7 Å². The molecule has 27 heavy (non-hydrogen) atoms. The van der Waals surface area contributed by atoms with Crippen molar-refractivity contribution < 1.29 is 19.0 Å². The second-order valence-corrected chi connectivity index (χ2v) is 8.41. The van der Waals surface area contributed by atoms with Crippen molar-refractivity contribution in [2.45, 2.75) is 70.7 Å². The predicted octanol–water partition coefficient (Wildman–Crippen LogP) is 5.10. The van der Waals surface area contributed by atoms with Crippen LogP contribution in [0.25, 0.3) is 0 Å². The van der Waals surface area contributed by atoms with Gasteiger partial charge in [-0.1, -0.05) is 23.7 Å². The molecule has 0 aliphatic carbocycles. The molecule has 0 atom stereocenters. The lowest BCUT2D eigenvalue weighted by Crippen LogP contribution is -2.33. The number of carbonyl (C=O) groups is 1. The van der Waals surface area contributed by atoms with Gasteiger partial charge in [-0.15, -0.1) is 0 Å². The van der Waals surface area contributed by atoms with Gasteiger partial charge in [-0.25, -0.2) is 4.79 Å². The number of nitrogens with one attached hydrogen (secondary N) is 1. The average Bonchev–Trinajstić information content (AvgIpc) is 3.02. The summed E-state index contributed by atoms with van der Waals surface area (Å²) in [5, 5.41) is 3.56. The summed E-state index contributed by atoms with van der Waals surface area (Å²) in [6.07, 6.45) is 5.05. The molecule has 1 amide bonds. The van der Waals surface area contributed by atoms with Crippen molar-refractivity contribution in [2.75, 3.05) is 19.8 Å². The molecule has 1 aliphatic rings. The molecule has 1 aliphatic heterocycles. The lowest BCUT2D eigenvalue weighted by molar-refractivity contribution is -0.168. The van der Waals surface area contributed by atoms with E-state index in [4.69, 9.17) is 25.8 Å². The number of hydrogen-bond acceptors (Lipinski definition) is 4. The molecule has 1 N–H and O–H groups in total. The molecule has 1 fully saturated rings. The number of unbranched alkanes of at least 4 members (excludes halogenated alkanes) is 1. The highest BCUT2D eigenvalue weighted by atomic mass is 35.5. The topological polar surface area (TPSA) is 56.8 Å². The first-order chi connectivity index (χ1) is 12.8. The Morgan fingerprint density at radius 1 is 1.19 bits per heavy atom. The van der Waals surface area contributed by atoms with Crippen molar-refractivity contribution in [3.63, 3.8) is 0 Å². The van der Waals surface area contributed by atoms with E-state index in [1.165, 1.54) is 5.56 Å². The molecule has 0 radical (unpaired) electrons. The fourth-order valence-electron chi connectivity index (χ4n) is 3.19. The Kier molecular flexibility index (Phi) is 8.39. The van der Waals surface area contributed by atoms with Gasteiger partial charge in [0.15, 0.2) is 5.79 Å². The molecule has 6 heteroatoms. The van der Waals surface area contributed by atoms with Gasteiger partial charge in [0.1, 0.15) is 5.60 Å². The third-order valence-electron chi connectivity index (χ3n) is 4.38. The Labute approximate surface area is 167 Å². The molecule has 2 rings (SSSR count). The second-order valence-electron chi connectivity index (χ2n) is 7.98. The van der Waals surface area contributed by atoms with E-state index in [1.807, 2.05) is 39.0 Å². The Balaban J connectivity index is 1.67. The molecule has 1 saturated heterocycles. The van der Waals surface area contributed by atoms with Gasteiger partial charge in [0.2, 0.25) is 0 Å². The summed E-state index contributed by atoms with van der Waals surface area (Å²) in [4.78, 5) is 11.6. The molecule has 0 saturated carbocycles. The maximum Gasteiger partial charge on any atom is 0.407 e. The van der Waals surface area contributed by atoms with Gasteiger partial charge in [0.05, 0.1) is 13.2 Å². The summed E-state index contributed by atoms with van der Waals surface area (Å²) in [5.41, 5.74) is 0.764. The zero-order chi connectivity index (χ0) is 19.8. The fourth-order valence-corrected chi connectivity index (χ4v) is 3.40. The van der Waals surface area contributed by atoms with E-state index in [0.29, 0.717) is 19.8 Å². The first-order valence-electron chi connectivity index (χ1n) is 9.77. The van der Waals surface area contributed by atoms with Gasteiger partial charge >= 0.3 is 6.09 Å². The number of amides is 1. The van der Waals surface area contributed by atoms with Gasteiger partial charge in [0.25, 0.3) is 0 Å². The van der Waals surface area contributed by atoms with E-state index in [1.54, 1.807) is 0 Å². The van der Waals surface area contributed by atoms with Crippen LogP contribution < -0.4 is 5.32 Å². The Bertz CT molecular complexity index is 594. The van der Waals surface area contributed by atoms with E-state index < -0.39 is 11.4 Å². The van der Waals surface area contributed by atoms with Gasteiger partial charge in [-0.3, -0.25) is 0 Å². The predicted molar refractivity (Wildman–Crippen MR) is 107 cm³/mol. The summed E-state index contributed by atoms with van der Waals surface area (Å²) in [5.74, 6) is -0.482. The third-order valence-corrected chi connectivity index (χ3v) is 4.61. The minimum Gasteiger partial charge on any atom is -0.444 e. The van der Waals surface area contributed by atoms with Crippen LogP contribution in [-0.4, -0.2) is 37.2 Å². The average molecular weight is 398 g/mol. The highest BCUT2D eigenvalue weighted by molar-refractivity contribution is 6.30. The van der Waals surface area contributed by atoms with Crippen molar-refractivity contribution in [3.05, 3.63) is 34.9 Å². The molecule has 1 aromatic rings. The normalized spacial score (nSPS) is 16.3. The van der Waals surface area contributed by atoms with Crippen LogP contribution in [0.1, 0.15) is 58.4 Å². The van der Waals surface area contributed by atoms with Crippen LogP contribution in [0.2, 0.25) is 5.02 Å². The quantitative estimate of drug-likeness (QED) is 0.589. The van der Waals surface area contributed by atoms with E-state index in [9.17, 15) is 4.79 Å². The number of benzene rings is 1. The smallest absolute Gasteiger partial charge is 0.407 e. The van der Waals surface area contributed by atoms with Crippen LogP contribution >= 0.6 is 11.6 Å². The summed E-state index contributed by atoms with van der Waals surface area (Å²) in [6, 6.07) is 7.97. The molecular weight excluding hydrogens is 366 g/mol. The van der Waals surface area contributed by atoms with Crippen LogP contribution in [0, 0.1) is 0 Å². The highest BCUT2D eigenvalue weighted by Crippen LogP contribution is 2.31. The van der Waals surface area contributed by atoms with Crippen molar-refractivity contribution in [2.24, 2.45) is 0 Å². The Hall–Kier alpha value is -1.30. The number of rotatable bonds is 9. The standard InChI is InChI=1S/C21H32ClNO4/c1-20(2,3)27-19(24)23-13-5-4-11-21(25-14-15-26-21)12-7-9-17-8-6-10-18(22)16-17/h6,8,10,16H,4-5,7,9,11-15H2,1-3H3,(H,23,24). The van der Waals surface area contributed by atoms with Gasteiger partial charge in [-0.2, -0.15) is 0 Å². The zero-order valence-electron chi connectivity index (χ0n) is 16.7. The van der Waals surface area contributed by atoms with E-state index in [0.717, 1.165) is 43.5 Å². The summed E-state index contributed by atoms with van der Waals surface area (Å²) in [6.45, 7) is 7.45. The fraction of sp³-hybridized carbons (Fsp3) is 0.667. The van der Waals surface area contributed by atoms with E-state index in [2.05, 4.69) is 11.4 Å². The van der Waals surface area contributed by atoms with Crippen molar-refractivity contribution in [3.8, 4) is 0 Å². The van der Waals surface area contributed by atoms with Crippen LogP contribution in [0.5, 0.6) is 0 Å². The summed E-state index contributed by atoms with van der Waals surface area (Å²) < 4.78 is 17.1. The number of halogens is 1. The number of carbonyl (C=O) groups excluding carboxylic acids is 1. The molecule has 0 aromatic heterocycles. The monoisotopic (exact) mass is 397 g/mol. The van der Waals surface area contributed by atoms with Crippen LogP contribution in [-0.2, 0) is 20.6 Å². The molecule has 1 heterocycles. The molecular formula is C21H32ClNO4. The largest absolute Gasteiger partial charge is 0.444 e. The first-order valence-corrected chi connectivity index (χ1v) is 10.2. The zero-order valence-corrected chi connectivity index (χ0v) is 17.4. The Morgan fingerprint density at radius 2 is 1.89 bits per heavy atom. The molecule has 1 aromatic carbocycles. The summed E-state index contributed by atoms with van der Waals surface area (Å²) >= 11 is 6.05. The van der Waals surface area contributed by atoms with Crippen molar-refractivity contribution in [1.29, 1.82) is 0 Å². The number of alkyl carbamates (subject to hydrolysis) is 1. The summed E-state index contributed by atoms with van der Waals surface area (Å²) in [7, 11) is 0. The van der Waals surface area contributed by atoms with Gasteiger partial charge < -0.3 is 19.5 Å². The van der Waals surface area contributed by atoms with Crippen LogP contribution in [0.3, 0.4) is 0 Å². The lowest BCUT2D eigenvalue weighted by Gasteiger charge is -2.27. The number of ether oxygens (including phenoxy) is 3. The third kappa shape index (κ3) is 8.50. The SMILES string of the molecule is CC(C)(C)OC(=O)NCCCCC1(CCCc2cccc(Cl)c2)OCCO1. The maximum absolute atomic E-state index is 11.6.